The van der Waals surface area contributed by atoms with E-state index in [4.69, 9.17) is 0 Å². The monoisotopic (exact) mass is 512 g/mol. The highest BCUT2D eigenvalue weighted by Gasteiger charge is 2.41. The maximum absolute atomic E-state index is 13.5. The zero-order chi connectivity index (χ0) is 25.2. The van der Waals surface area contributed by atoms with Gasteiger partial charge in [-0.15, -0.1) is 0 Å². The van der Waals surface area contributed by atoms with Gasteiger partial charge in [0.1, 0.15) is 0 Å². The van der Waals surface area contributed by atoms with Crippen LogP contribution in [0.15, 0.2) is 88.7 Å². The Labute approximate surface area is 207 Å². The van der Waals surface area contributed by atoms with E-state index in [9.17, 15) is 21.6 Å². The number of Topliss-reactive ketones (excluding diaryl/α,β-unsaturated/α-hetero) is 1. The first-order valence-corrected chi connectivity index (χ1v) is 14.2. The van der Waals surface area contributed by atoms with Crippen LogP contribution in [0.2, 0.25) is 0 Å². The predicted octanol–water partition coefficient (Wildman–Crippen LogP) is 3.64. The molecule has 184 valence electrons. The SMILES string of the molecule is Cc1ccc(S(=O)(=O)N2CCN(S(=O)(=O)c3ccc(C)cc3)C(CC(=O)c3ccccc3)C2)cc1. The van der Waals surface area contributed by atoms with Crippen molar-refractivity contribution in [1.82, 2.24) is 8.61 Å². The number of nitrogens with zero attached hydrogens (tertiary/aromatic N) is 2. The first-order valence-electron chi connectivity index (χ1n) is 11.3. The van der Waals surface area contributed by atoms with E-state index in [0.717, 1.165) is 11.1 Å². The fourth-order valence-corrected chi connectivity index (χ4v) is 7.25. The molecular formula is C26H28N2O5S2. The van der Waals surface area contributed by atoms with Crippen LogP contribution >= 0.6 is 0 Å². The van der Waals surface area contributed by atoms with Crippen LogP contribution in [0, 0.1) is 13.8 Å². The molecule has 0 aromatic heterocycles. The van der Waals surface area contributed by atoms with Crippen LogP contribution in [-0.2, 0) is 20.0 Å². The van der Waals surface area contributed by atoms with Crippen LogP contribution in [0.3, 0.4) is 0 Å². The highest BCUT2D eigenvalue weighted by Crippen LogP contribution is 2.28. The topological polar surface area (TPSA) is 91.8 Å². The Hall–Kier alpha value is -2.85. The van der Waals surface area contributed by atoms with Gasteiger partial charge in [0.15, 0.2) is 5.78 Å². The Morgan fingerprint density at radius 3 is 1.80 bits per heavy atom. The van der Waals surface area contributed by atoms with E-state index in [1.165, 1.54) is 20.7 Å². The lowest BCUT2D eigenvalue weighted by atomic mass is 10.0. The molecule has 1 saturated heterocycles. The van der Waals surface area contributed by atoms with E-state index in [1.807, 2.05) is 13.8 Å². The summed E-state index contributed by atoms with van der Waals surface area (Å²) in [6.45, 7) is 3.58. The van der Waals surface area contributed by atoms with Crippen molar-refractivity contribution in [3.8, 4) is 0 Å². The molecule has 0 saturated carbocycles. The van der Waals surface area contributed by atoms with Crippen LogP contribution in [0.5, 0.6) is 0 Å². The molecule has 1 atom stereocenters. The van der Waals surface area contributed by atoms with Gasteiger partial charge in [0.25, 0.3) is 0 Å². The van der Waals surface area contributed by atoms with Gasteiger partial charge in [-0.3, -0.25) is 4.79 Å². The number of piperazine rings is 1. The Balaban J connectivity index is 1.67. The lowest BCUT2D eigenvalue weighted by Gasteiger charge is -2.39. The van der Waals surface area contributed by atoms with E-state index in [1.54, 1.807) is 66.7 Å². The molecule has 4 rings (SSSR count). The smallest absolute Gasteiger partial charge is 0.243 e. The van der Waals surface area contributed by atoms with E-state index in [2.05, 4.69) is 0 Å². The summed E-state index contributed by atoms with van der Waals surface area (Å²) in [5, 5.41) is 0. The molecule has 7 nitrogen and oxygen atoms in total. The van der Waals surface area contributed by atoms with E-state index < -0.39 is 26.1 Å². The molecule has 1 aliphatic rings. The molecule has 9 heteroatoms. The number of ketones is 1. The summed E-state index contributed by atoms with van der Waals surface area (Å²) in [6.07, 6.45) is -0.130. The number of carbonyl (C=O) groups is 1. The van der Waals surface area contributed by atoms with Crippen LogP contribution in [0.4, 0.5) is 0 Å². The molecule has 3 aromatic carbocycles. The van der Waals surface area contributed by atoms with Gasteiger partial charge in [-0.2, -0.15) is 8.61 Å². The Morgan fingerprint density at radius 1 is 0.743 bits per heavy atom. The van der Waals surface area contributed by atoms with Crippen molar-refractivity contribution in [3.05, 3.63) is 95.6 Å². The molecule has 1 heterocycles. The van der Waals surface area contributed by atoms with Crippen molar-refractivity contribution in [1.29, 1.82) is 0 Å². The van der Waals surface area contributed by atoms with Crippen molar-refractivity contribution in [2.24, 2.45) is 0 Å². The third kappa shape index (κ3) is 5.38. The third-order valence-electron chi connectivity index (χ3n) is 6.19. The summed E-state index contributed by atoms with van der Waals surface area (Å²) in [6, 6.07) is 20.8. The van der Waals surface area contributed by atoms with E-state index in [0.29, 0.717) is 5.56 Å². The highest BCUT2D eigenvalue weighted by molar-refractivity contribution is 7.89. The Morgan fingerprint density at radius 2 is 1.26 bits per heavy atom. The van der Waals surface area contributed by atoms with Gasteiger partial charge in [-0.05, 0) is 38.1 Å². The van der Waals surface area contributed by atoms with Gasteiger partial charge < -0.3 is 0 Å². The van der Waals surface area contributed by atoms with Gasteiger partial charge in [0.05, 0.1) is 9.79 Å². The maximum Gasteiger partial charge on any atom is 0.243 e. The van der Waals surface area contributed by atoms with Gasteiger partial charge in [-0.1, -0.05) is 65.7 Å². The van der Waals surface area contributed by atoms with E-state index in [-0.39, 0.29) is 41.6 Å². The maximum atomic E-state index is 13.5. The zero-order valence-electron chi connectivity index (χ0n) is 19.7. The molecule has 1 aliphatic heterocycles. The van der Waals surface area contributed by atoms with Crippen LogP contribution in [0.1, 0.15) is 27.9 Å². The largest absolute Gasteiger partial charge is 0.294 e. The Bertz CT molecular complexity index is 1400. The van der Waals surface area contributed by atoms with E-state index >= 15 is 0 Å². The number of hydrogen-bond donors (Lipinski definition) is 0. The number of rotatable bonds is 7. The van der Waals surface area contributed by atoms with Crippen molar-refractivity contribution < 1.29 is 21.6 Å². The fraction of sp³-hybridized carbons (Fsp3) is 0.269. The van der Waals surface area contributed by atoms with Crippen molar-refractivity contribution in [2.45, 2.75) is 36.1 Å². The number of sulfonamides is 2. The molecule has 1 unspecified atom stereocenters. The van der Waals surface area contributed by atoms with Crippen LogP contribution in [-0.4, -0.2) is 56.9 Å². The minimum Gasteiger partial charge on any atom is -0.294 e. The first kappa shape index (κ1) is 25.2. The average molecular weight is 513 g/mol. The zero-order valence-corrected chi connectivity index (χ0v) is 21.3. The summed E-state index contributed by atoms with van der Waals surface area (Å²) in [5.74, 6) is -0.241. The molecule has 3 aromatic rings. The summed E-state index contributed by atoms with van der Waals surface area (Å²) >= 11 is 0. The lowest BCUT2D eigenvalue weighted by molar-refractivity contribution is 0.0926. The van der Waals surface area contributed by atoms with Crippen LogP contribution < -0.4 is 0 Å². The van der Waals surface area contributed by atoms with Gasteiger partial charge >= 0.3 is 0 Å². The molecule has 0 bridgehead atoms. The summed E-state index contributed by atoms with van der Waals surface area (Å²) in [4.78, 5) is 13.3. The molecular weight excluding hydrogens is 484 g/mol. The van der Waals surface area contributed by atoms with Crippen molar-refractivity contribution in [2.75, 3.05) is 19.6 Å². The minimum atomic E-state index is -3.94. The lowest BCUT2D eigenvalue weighted by Crippen LogP contribution is -2.56. The van der Waals surface area contributed by atoms with Gasteiger partial charge in [0, 0.05) is 37.7 Å². The molecule has 0 spiro atoms. The number of benzene rings is 3. The average Bonchev–Trinajstić information content (AvgIpc) is 2.85. The second-order valence-electron chi connectivity index (χ2n) is 8.75. The minimum absolute atomic E-state index is 0.00265. The Kier molecular flexibility index (Phi) is 7.23. The molecule has 1 fully saturated rings. The normalized spacial score (nSPS) is 17.8. The van der Waals surface area contributed by atoms with Crippen molar-refractivity contribution >= 4 is 25.8 Å². The van der Waals surface area contributed by atoms with Crippen LogP contribution in [0.25, 0.3) is 0 Å². The standard InChI is InChI=1S/C26H28N2O5S2/c1-20-8-12-24(13-9-20)34(30,31)27-16-17-28(35(32,33)25-14-10-21(2)11-15-25)23(19-27)18-26(29)22-6-4-3-5-7-22/h3-15,23H,16-19H2,1-2H3. The molecule has 0 radical (unpaired) electrons. The first-order chi connectivity index (χ1) is 16.6. The predicted molar refractivity (Wildman–Crippen MR) is 134 cm³/mol. The molecule has 0 N–H and O–H groups in total. The second-order valence-corrected chi connectivity index (χ2v) is 12.6. The number of aryl methyl sites for hydroxylation is 2. The summed E-state index contributed by atoms with van der Waals surface area (Å²) in [7, 11) is -7.79. The molecule has 35 heavy (non-hydrogen) atoms. The molecule has 0 aliphatic carbocycles. The highest BCUT2D eigenvalue weighted by atomic mass is 32.2. The third-order valence-corrected chi connectivity index (χ3v) is 10.0. The fourth-order valence-electron chi connectivity index (χ4n) is 4.17. The quantitative estimate of drug-likeness (QED) is 0.451. The second kappa shape index (κ2) is 10.0. The van der Waals surface area contributed by atoms with Gasteiger partial charge in [0.2, 0.25) is 20.0 Å². The molecule has 0 amide bonds. The number of carbonyl (C=O) groups excluding carboxylic acids is 1. The van der Waals surface area contributed by atoms with Gasteiger partial charge in [-0.25, -0.2) is 16.8 Å². The summed E-state index contributed by atoms with van der Waals surface area (Å²) < 4.78 is 56.3. The van der Waals surface area contributed by atoms with Crippen molar-refractivity contribution in [3.63, 3.8) is 0 Å². The number of hydrogen-bond acceptors (Lipinski definition) is 5. The summed E-state index contributed by atoms with van der Waals surface area (Å²) in [5.41, 5.74) is 2.32.